The summed E-state index contributed by atoms with van der Waals surface area (Å²) in [5.41, 5.74) is 0.937. The first-order chi connectivity index (χ1) is 12.0. The van der Waals surface area contributed by atoms with Gasteiger partial charge in [0.1, 0.15) is 19.0 Å². The lowest BCUT2D eigenvalue weighted by atomic mass is 10.1. The molecule has 0 aromatic heterocycles. The average Bonchev–Trinajstić information content (AvgIpc) is 2.62. The van der Waals surface area contributed by atoms with Crippen LogP contribution in [0.15, 0.2) is 41.3 Å². The van der Waals surface area contributed by atoms with E-state index in [0.29, 0.717) is 19.0 Å². The first-order valence-corrected chi connectivity index (χ1v) is 9.16. The zero-order valence-corrected chi connectivity index (χ0v) is 15.1. The van der Waals surface area contributed by atoms with Gasteiger partial charge in [-0.1, -0.05) is 17.7 Å². The molecule has 0 saturated heterocycles. The van der Waals surface area contributed by atoms with E-state index in [4.69, 9.17) is 21.1 Å². The van der Waals surface area contributed by atoms with Gasteiger partial charge < -0.3 is 14.8 Å². The van der Waals surface area contributed by atoms with Gasteiger partial charge in [0, 0.05) is 4.90 Å². The molecule has 0 radical (unpaired) electrons. The summed E-state index contributed by atoms with van der Waals surface area (Å²) in [5, 5.41) is 2.99. The largest absolute Gasteiger partial charge is 0.486 e. The highest BCUT2D eigenvalue weighted by Gasteiger charge is 2.16. The summed E-state index contributed by atoms with van der Waals surface area (Å²) in [7, 11) is 0. The number of thioether (sulfide) groups is 1. The summed E-state index contributed by atoms with van der Waals surface area (Å²) in [5.74, 6) is 1.05. The van der Waals surface area contributed by atoms with Crippen LogP contribution in [-0.4, -0.2) is 24.9 Å². The standard InChI is InChI=1S/C18H17ClFNO3S/c1-11(12-2-5-16-17(8-12)24-7-6-23-16)21-18(22)10-25-13-3-4-15(20)14(19)9-13/h2-5,8-9,11H,6-7,10H2,1H3,(H,21,22). The molecule has 2 aromatic carbocycles. The molecule has 0 bridgehead atoms. The molecule has 0 fully saturated rings. The third kappa shape index (κ3) is 4.58. The van der Waals surface area contributed by atoms with Gasteiger partial charge in [-0.2, -0.15) is 0 Å². The lowest BCUT2D eigenvalue weighted by Gasteiger charge is -2.21. The zero-order chi connectivity index (χ0) is 17.8. The maximum absolute atomic E-state index is 13.1. The van der Waals surface area contributed by atoms with Gasteiger partial charge in [0.2, 0.25) is 5.91 Å². The van der Waals surface area contributed by atoms with Gasteiger partial charge in [0.05, 0.1) is 16.8 Å². The van der Waals surface area contributed by atoms with Crippen molar-refractivity contribution < 1.29 is 18.7 Å². The summed E-state index contributed by atoms with van der Waals surface area (Å²) < 4.78 is 24.2. The van der Waals surface area contributed by atoms with Crippen LogP contribution in [0.1, 0.15) is 18.5 Å². The molecule has 1 N–H and O–H groups in total. The highest BCUT2D eigenvalue weighted by atomic mass is 35.5. The molecule has 132 valence electrons. The number of nitrogens with one attached hydrogen (secondary N) is 1. The minimum atomic E-state index is -0.470. The Morgan fingerprint density at radius 1 is 1.24 bits per heavy atom. The van der Waals surface area contributed by atoms with Gasteiger partial charge in [0.25, 0.3) is 0 Å². The molecule has 1 heterocycles. The van der Waals surface area contributed by atoms with Crippen molar-refractivity contribution in [1.29, 1.82) is 0 Å². The maximum atomic E-state index is 13.1. The molecular formula is C18H17ClFNO3S. The van der Waals surface area contributed by atoms with E-state index >= 15 is 0 Å². The summed E-state index contributed by atoms with van der Waals surface area (Å²) in [6.07, 6.45) is 0. The number of carbonyl (C=O) groups excluding carboxylic acids is 1. The van der Waals surface area contributed by atoms with E-state index < -0.39 is 5.82 Å². The molecule has 3 rings (SSSR count). The second-order valence-corrected chi connectivity index (χ2v) is 7.01. The van der Waals surface area contributed by atoms with Crippen molar-refractivity contribution in [2.24, 2.45) is 0 Å². The summed E-state index contributed by atoms with van der Waals surface area (Å²) in [6.45, 7) is 2.97. The van der Waals surface area contributed by atoms with Gasteiger partial charge in [-0.05, 0) is 42.8 Å². The molecule has 1 amide bonds. The SMILES string of the molecule is CC(NC(=O)CSc1ccc(F)c(Cl)c1)c1ccc2c(c1)OCCO2. The Labute approximate surface area is 154 Å². The van der Waals surface area contributed by atoms with Gasteiger partial charge in [-0.15, -0.1) is 11.8 Å². The second-order valence-electron chi connectivity index (χ2n) is 5.56. The van der Waals surface area contributed by atoms with Crippen LogP contribution >= 0.6 is 23.4 Å². The van der Waals surface area contributed by atoms with Crippen LogP contribution in [0.25, 0.3) is 0 Å². The molecule has 2 aromatic rings. The van der Waals surface area contributed by atoms with Crippen LogP contribution in [0.5, 0.6) is 11.5 Å². The minimum absolute atomic E-state index is 0.0510. The van der Waals surface area contributed by atoms with Gasteiger partial charge in [-0.3, -0.25) is 4.79 Å². The van der Waals surface area contributed by atoms with Crippen LogP contribution in [0.3, 0.4) is 0 Å². The van der Waals surface area contributed by atoms with Crippen molar-refractivity contribution in [1.82, 2.24) is 5.32 Å². The quantitative estimate of drug-likeness (QED) is 0.788. The van der Waals surface area contributed by atoms with Crippen molar-refractivity contribution in [3.8, 4) is 11.5 Å². The van der Waals surface area contributed by atoms with E-state index in [0.717, 1.165) is 16.2 Å². The number of hydrogen-bond acceptors (Lipinski definition) is 4. The Bertz CT molecular complexity index is 787. The van der Waals surface area contributed by atoms with E-state index in [1.165, 1.54) is 23.9 Å². The van der Waals surface area contributed by atoms with Crippen LogP contribution in [0.2, 0.25) is 5.02 Å². The van der Waals surface area contributed by atoms with Crippen molar-refractivity contribution in [2.75, 3.05) is 19.0 Å². The van der Waals surface area contributed by atoms with E-state index in [-0.39, 0.29) is 22.7 Å². The molecule has 0 aliphatic carbocycles. The Balaban J connectivity index is 1.56. The van der Waals surface area contributed by atoms with Crippen molar-refractivity contribution in [2.45, 2.75) is 17.9 Å². The smallest absolute Gasteiger partial charge is 0.230 e. The third-order valence-electron chi connectivity index (χ3n) is 3.70. The minimum Gasteiger partial charge on any atom is -0.486 e. The Hall–Kier alpha value is -1.92. The molecule has 4 nitrogen and oxygen atoms in total. The number of hydrogen-bond donors (Lipinski definition) is 1. The Kier molecular flexibility index (Phi) is 5.71. The number of fused-ring (bicyclic) bond motifs is 1. The van der Waals surface area contributed by atoms with Crippen molar-refractivity contribution in [3.05, 3.63) is 52.8 Å². The fourth-order valence-electron chi connectivity index (χ4n) is 2.41. The fraction of sp³-hybridized carbons (Fsp3) is 0.278. The number of halogens is 2. The number of carbonyl (C=O) groups is 1. The first kappa shape index (κ1) is 17.9. The normalized spacial score (nSPS) is 14.0. The predicted octanol–water partition coefficient (Wildman–Crippen LogP) is 4.22. The summed E-state index contributed by atoms with van der Waals surface area (Å²) in [6, 6.07) is 9.88. The highest BCUT2D eigenvalue weighted by Crippen LogP contribution is 2.32. The topological polar surface area (TPSA) is 47.6 Å². The maximum Gasteiger partial charge on any atom is 0.230 e. The van der Waals surface area contributed by atoms with Gasteiger partial charge in [0.15, 0.2) is 11.5 Å². The van der Waals surface area contributed by atoms with Crippen LogP contribution < -0.4 is 14.8 Å². The molecule has 0 spiro atoms. The van der Waals surface area contributed by atoms with E-state index in [2.05, 4.69) is 5.32 Å². The Morgan fingerprint density at radius 2 is 2.00 bits per heavy atom. The van der Waals surface area contributed by atoms with E-state index in [1.54, 1.807) is 6.07 Å². The van der Waals surface area contributed by atoms with Crippen LogP contribution in [0.4, 0.5) is 4.39 Å². The van der Waals surface area contributed by atoms with Gasteiger partial charge >= 0.3 is 0 Å². The van der Waals surface area contributed by atoms with Crippen LogP contribution in [0, 0.1) is 5.82 Å². The number of ether oxygens (including phenoxy) is 2. The zero-order valence-electron chi connectivity index (χ0n) is 13.6. The summed E-state index contributed by atoms with van der Waals surface area (Å²) >= 11 is 7.04. The summed E-state index contributed by atoms with van der Waals surface area (Å²) in [4.78, 5) is 12.9. The second kappa shape index (κ2) is 7.97. The lowest BCUT2D eigenvalue weighted by Crippen LogP contribution is -2.28. The molecule has 7 heteroatoms. The van der Waals surface area contributed by atoms with Gasteiger partial charge in [-0.25, -0.2) is 4.39 Å². The lowest BCUT2D eigenvalue weighted by molar-refractivity contribution is -0.119. The number of rotatable bonds is 5. The average molecular weight is 382 g/mol. The number of amides is 1. The van der Waals surface area contributed by atoms with Crippen LogP contribution in [-0.2, 0) is 4.79 Å². The molecule has 1 unspecified atom stereocenters. The molecular weight excluding hydrogens is 365 g/mol. The highest BCUT2D eigenvalue weighted by molar-refractivity contribution is 8.00. The number of benzene rings is 2. The first-order valence-electron chi connectivity index (χ1n) is 7.79. The van der Waals surface area contributed by atoms with Crippen molar-refractivity contribution >= 4 is 29.3 Å². The van der Waals surface area contributed by atoms with E-state index in [9.17, 15) is 9.18 Å². The fourth-order valence-corrected chi connectivity index (χ4v) is 3.40. The molecule has 25 heavy (non-hydrogen) atoms. The Morgan fingerprint density at radius 3 is 2.76 bits per heavy atom. The third-order valence-corrected chi connectivity index (χ3v) is 4.99. The molecule has 0 saturated carbocycles. The molecule has 1 aliphatic heterocycles. The van der Waals surface area contributed by atoms with Crippen molar-refractivity contribution in [3.63, 3.8) is 0 Å². The van der Waals surface area contributed by atoms with E-state index in [1.807, 2.05) is 25.1 Å². The molecule has 1 atom stereocenters. The monoisotopic (exact) mass is 381 g/mol. The molecule has 1 aliphatic rings. The predicted molar refractivity (Wildman–Crippen MR) is 96.1 cm³/mol.